The van der Waals surface area contributed by atoms with Crippen LogP contribution < -0.4 is 5.32 Å². The second-order valence-corrected chi connectivity index (χ2v) is 6.25. The highest BCUT2D eigenvalue weighted by Crippen LogP contribution is 2.25. The number of carboxylic acid groups (broad SMARTS) is 1. The van der Waals surface area contributed by atoms with Crippen molar-refractivity contribution in [2.45, 2.75) is 45.6 Å². The van der Waals surface area contributed by atoms with E-state index in [-0.39, 0.29) is 18.0 Å². The molecule has 2 rings (SSSR count). The highest BCUT2D eigenvalue weighted by molar-refractivity contribution is 5.77. The molecule has 5 nitrogen and oxygen atoms in total. The summed E-state index contributed by atoms with van der Waals surface area (Å²) in [6, 6.07) is 0.171. The van der Waals surface area contributed by atoms with Gasteiger partial charge in [-0.05, 0) is 24.7 Å². The highest BCUT2D eigenvalue weighted by atomic mass is 16.4. The van der Waals surface area contributed by atoms with E-state index >= 15 is 0 Å². The summed E-state index contributed by atoms with van der Waals surface area (Å²) in [6.45, 7) is 5.00. The number of carboxylic acids is 1. The van der Waals surface area contributed by atoms with E-state index in [9.17, 15) is 9.59 Å². The molecule has 19 heavy (non-hydrogen) atoms. The Labute approximate surface area is 114 Å². The minimum Gasteiger partial charge on any atom is -0.481 e. The third-order valence-electron chi connectivity index (χ3n) is 4.48. The number of nitrogens with one attached hydrogen (secondary N) is 1. The minimum atomic E-state index is -0.797. The molecular weight excluding hydrogens is 244 g/mol. The van der Waals surface area contributed by atoms with Crippen LogP contribution in [0.25, 0.3) is 0 Å². The molecule has 108 valence electrons. The molecule has 0 aromatic heterocycles. The Balaban J connectivity index is 1.85. The van der Waals surface area contributed by atoms with Crippen molar-refractivity contribution in [2.75, 3.05) is 13.1 Å². The number of hydrogen-bond acceptors (Lipinski definition) is 2. The van der Waals surface area contributed by atoms with Crippen molar-refractivity contribution in [1.82, 2.24) is 10.2 Å². The van der Waals surface area contributed by atoms with E-state index in [4.69, 9.17) is 5.11 Å². The standard InChI is InChI=1S/C14H24N2O3/c1-9-4-3-5-11(6-9)15-14(19)16-7-10(2)12(8-16)13(17)18/h9-12H,3-8H2,1-2H3,(H,15,19)(H,17,18). The maximum Gasteiger partial charge on any atom is 0.317 e. The van der Waals surface area contributed by atoms with E-state index in [1.807, 2.05) is 6.92 Å². The van der Waals surface area contributed by atoms with Crippen molar-refractivity contribution in [1.29, 1.82) is 0 Å². The molecule has 4 atom stereocenters. The fourth-order valence-electron chi connectivity index (χ4n) is 3.29. The average molecular weight is 268 g/mol. The van der Waals surface area contributed by atoms with Gasteiger partial charge in [-0.1, -0.05) is 26.7 Å². The number of likely N-dealkylation sites (tertiary alicyclic amines) is 1. The lowest BCUT2D eigenvalue weighted by molar-refractivity contribution is -0.142. The Hall–Kier alpha value is -1.26. The number of nitrogens with zero attached hydrogens (tertiary/aromatic N) is 1. The number of carbonyl (C=O) groups excluding carboxylic acids is 1. The molecule has 1 saturated carbocycles. The normalized spacial score (nSPS) is 35.2. The van der Waals surface area contributed by atoms with E-state index in [1.54, 1.807) is 4.90 Å². The van der Waals surface area contributed by atoms with Crippen molar-refractivity contribution < 1.29 is 14.7 Å². The van der Waals surface area contributed by atoms with Gasteiger partial charge in [0.2, 0.25) is 0 Å². The first-order valence-corrected chi connectivity index (χ1v) is 7.25. The van der Waals surface area contributed by atoms with Gasteiger partial charge < -0.3 is 15.3 Å². The first-order valence-electron chi connectivity index (χ1n) is 7.25. The number of urea groups is 1. The molecule has 2 fully saturated rings. The van der Waals surface area contributed by atoms with Gasteiger partial charge in [0.1, 0.15) is 0 Å². The molecule has 0 radical (unpaired) electrons. The minimum absolute atomic E-state index is 0.0357. The van der Waals surface area contributed by atoms with Gasteiger partial charge in [0, 0.05) is 19.1 Å². The van der Waals surface area contributed by atoms with Crippen LogP contribution in [0.4, 0.5) is 4.79 Å². The van der Waals surface area contributed by atoms with Gasteiger partial charge in [-0.3, -0.25) is 4.79 Å². The molecule has 1 saturated heterocycles. The second-order valence-electron chi connectivity index (χ2n) is 6.25. The van der Waals surface area contributed by atoms with Crippen molar-refractivity contribution in [3.05, 3.63) is 0 Å². The van der Waals surface area contributed by atoms with Crippen LogP contribution in [0.2, 0.25) is 0 Å². The zero-order chi connectivity index (χ0) is 14.0. The van der Waals surface area contributed by atoms with Crippen molar-refractivity contribution in [3.8, 4) is 0 Å². The topological polar surface area (TPSA) is 69.6 Å². The molecule has 5 heteroatoms. The van der Waals surface area contributed by atoms with Gasteiger partial charge in [0.05, 0.1) is 5.92 Å². The molecule has 0 spiro atoms. The second kappa shape index (κ2) is 5.80. The molecule has 1 aliphatic carbocycles. The van der Waals surface area contributed by atoms with E-state index in [0.29, 0.717) is 19.0 Å². The number of carbonyl (C=O) groups is 2. The van der Waals surface area contributed by atoms with Crippen molar-refractivity contribution in [3.63, 3.8) is 0 Å². The predicted octanol–water partition coefficient (Wildman–Crippen LogP) is 1.93. The lowest BCUT2D eigenvalue weighted by Crippen LogP contribution is -2.45. The van der Waals surface area contributed by atoms with Crippen LogP contribution in [0.1, 0.15) is 39.5 Å². The van der Waals surface area contributed by atoms with Crippen LogP contribution in [-0.2, 0) is 4.79 Å². The quantitative estimate of drug-likeness (QED) is 0.804. The van der Waals surface area contributed by atoms with Gasteiger partial charge in [0.15, 0.2) is 0 Å². The zero-order valence-electron chi connectivity index (χ0n) is 11.8. The van der Waals surface area contributed by atoms with Crippen LogP contribution in [0.15, 0.2) is 0 Å². The van der Waals surface area contributed by atoms with Crippen LogP contribution in [0, 0.1) is 17.8 Å². The molecular formula is C14H24N2O3. The van der Waals surface area contributed by atoms with E-state index in [2.05, 4.69) is 12.2 Å². The van der Waals surface area contributed by atoms with E-state index < -0.39 is 11.9 Å². The van der Waals surface area contributed by atoms with Gasteiger partial charge in [-0.15, -0.1) is 0 Å². The van der Waals surface area contributed by atoms with Gasteiger partial charge >= 0.3 is 12.0 Å². The lowest BCUT2D eigenvalue weighted by atomic mass is 9.87. The average Bonchev–Trinajstić information content (AvgIpc) is 2.71. The molecule has 2 amide bonds. The molecule has 2 N–H and O–H groups in total. The summed E-state index contributed by atoms with van der Waals surface area (Å²) in [5.74, 6) is -0.512. The highest BCUT2D eigenvalue weighted by Gasteiger charge is 2.37. The first kappa shape index (κ1) is 14.2. The third-order valence-corrected chi connectivity index (χ3v) is 4.48. The summed E-state index contributed by atoms with van der Waals surface area (Å²) >= 11 is 0. The van der Waals surface area contributed by atoms with Crippen LogP contribution in [-0.4, -0.2) is 41.1 Å². The Morgan fingerprint density at radius 3 is 2.53 bits per heavy atom. The van der Waals surface area contributed by atoms with Gasteiger partial charge in [0.25, 0.3) is 0 Å². The summed E-state index contributed by atoms with van der Waals surface area (Å²) in [7, 11) is 0. The molecule has 1 heterocycles. The van der Waals surface area contributed by atoms with Crippen molar-refractivity contribution >= 4 is 12.0 Å². The number of rotatable bonds is 2. The molecule has 0 aromatic carbocycles. The first-order chi connectivity index (χ1) is 8.97. The van der Waals surface area contributed by atoms with Crippen molar-refractivity contribution in [2.24, 2.45) is 17.8 Å². The molecule has 1 aliphatic heterocycles. The van der Waals surface area contributed by atoms with Gasteiger partial charge in [-0.25, -0.2) is 4.79 Å². The fraction of sp³-hybridized carbons (Fsp3) is 0.857. The number of aliphatic carboxylic acids is 1. The zero-order valence-corrected chi connectivity index (χ0v) is 11.8. The Bertz CT molecular complexity index is 359. The lowest BCUT2D eigenvalue weighted by Gasteiger charge is -2.29. The molecule has 4 unspecified atom stereocenters. The summed E-state index contributed by atoms with van der Waals surface area (Å²) < 4.78 is 0. The Kier molecular flexibility index (Phi) is 4.32. The monoisotopic (exact) mass is 268 g/mol. The van der Waals surface area contributed by atoms with E-state index in [1.165, 1.54) is 12.8 Å². The molecule has 2 aliphatic rings. The van der Waals surface area contributed by atoms with Crippen LogP contribution >= 0.6 is 0 Å². The third kappa shape index (κ3) is 3.39. The van der Waals surface area contributed by atoms with Crippen LogP contribution in [0.3, 0.4) is 0 Å². The maximum atomic E-state index is 12.2. The summed E-state index contributed by atoms with van der Waals surface area (Å²) in [5.41, 5.74) is 0. The summed E-state index contributed by atoms with van der Waals surface area (Å²) in [5, 5.41) is 12.1. The maximum absolute atomic E-state index is 12.2. The summed E-state index contributed by atoms with van der Waals surface area (Å²) in [6.07, 6.45) is 4.49. The Morgan fingerprint density at radius 2 is 1.95 bits per heavy atom. The number of hydrogen-bond donors (Lipinski definition) is 2. The smallest absolute Gasteiger partial charge is 0.317 e. The van der Waals surface area contributed by atoms with Gasteiger partial charge in [-0.2, -0.15) is 0 Å². The number of amides is 2. The predicted molar refractivity (Wildman–Crippen MR) is 71.8 cm³/mol. The summed E-state index contributed by atoms with van der Waals surface area (Å²) in [4.78, 5) is 24.9. The largest absolute Gasteiger partial charge is 0.481 e. The Morgan fingerprint density at radius 1 is 1.21 bits per heavy atom. The SMILES string of the molecule is CC1CCCC(NC(=O)N2CC(C)C(C(=O)O)C2)C1. The fourth-order valence-corrected chi connectivity index (χ4v) is 3.29. The van der Waals surface area contributed by atoms with Crippen LogP contribution in [0.5, 0.6) is 0 Å². The molecule has 0 bridgehead atoms. The van der Waals surface area contributed by atoms with E-state index in [0.717, 1.165) is 12.8 Å². The molecule has 0 aromatic rings.